The van der Waals surface area contributed by atoms with Gasteiger partial charge < -0.3 is 4.74 Å². The number of hydrogen-bond acceptors (Lipinski definition) is 5. The van der Waals surface area contributed by atoms with E-state index < -0.39 is 0 Å². The quantitative estimate of drug-likeness (QED) is 0.332. The largest absolute Gasteiger partial charge is 0.379 e. The zero-order chi connectivity index (χ0) is 24.0. The minimum Gasteiger partial charge on any atom is -0.379 e. The average molecular weight is 490 g/mol. The van der Waals surface area contributed by atoms with Gasteiger partial charge in [0.25, 0.3) is 0 Å². The highest BCUT2D eigenvalue weighted by Gasteiger charge is 2.21. The van der Waals surface area contributed by atoms with Gasteiger partial charge in [-0.25, -0.2) is 9.37 Å². The Morgan fingerprint density at radius 1 is 0.971 bits per heavy atom. The van der Waals surface area contributed by atoms with Crippen molar-refractivity contribution >= 4 is 32.6 Å². The predicted octanol–water partition coefficient (Wildman–Crippen LogP) is 5.40. The fraction of sp³-hybridized carbons (Fsp3) is 0.286. The molecule has 3 aromatic carbocycles. The highest BCUT2D eigenvalue weighted by atomic mass is 32.1. The number of halogens is 1. The van der Waals surface area contributed by atoms with Crippen LogP contribution in [-0.4, -0.2) is 55.2 Å². The van der Waals surface area contributed by atoms with Crippen molar-refractivity contribution in [3.05, 3.63) is 84.2 Å². The summed E-state index contributed by atoms with van der Waals surface area (Å²) < 4.78 is 20.5. The molecule has 0 bridgehead atoms. The summed E-state index contributed by atoms with van der Waals surface area (Å²) in [5, 5.41) is 0.554. The molecule has 0 N–H and O–H groups in total. The molecule has 1 aromatic heterocycles. The minimum atomic E-state index is -0.359. The molecule has 5 rings (SSSR count). The van der Waals surface area contributed by atoms with E-state index in [1.54, 1.807) is 11.0 Å². The summed E-state index contributed by atoms with van der Waals surface area (Å²) in [6, 6.07) is 23.2. The van der Waals surface area contributed by atoms with Crippen molar-refractivity contribution in [3.63, 3.8) is 0 Å². The molecule has 1 aliphatic heterocycles. The number of nitrogens with zero attached hydrogens (tertiary/aromatic N) is 3. The van der Waals surface area contributed by atoms with Gasteiger partial charge in [0, 0.05) is 26.2 Å². The Hall–Kier alpha value is -3.13. The highest BCUT2D eigenvalue weighted by molar-refractivity contribution is 7.22. The van der Waals surface area contributed by atoms with Gasteiger partial charge in [-0.15, -0.1) is 0 Å². The molecule has 1 fully saturated rings. The molecule has 0 atom stereocenters. The number of benzene rings is 3. The number of ether oxygens (including phenoxy) is 1. The van der Waals surface area contributed by atoms with E-state index >= 15 is 0 Å². The van der Waals surface area contributed by atoms with Gasteiger partial charge in [0.2, 0.25) is 5.91 Å². The molecule has 0 aliphatic carbocycles. The van der Waals surface area contributed by atoms with Gasteiger partial charge >= 0.3 is 0 Å². The number of aromatic nitrogens is 1. The van der Waals surface area contributed by atoms with Crippen molar-refractivity contribution in [2.24, 2.45) is 0 Å². The van der Waals surface area contributed by atoms with Crippen LogP contribution in [0, 0.1) is 5.82 Å². The number of fused-ring (bicyclic) bond motifs is 1. The molecular formula is C28H28FN3O2S. The molecule has 1 aliphatic rings. The van der Waals surface area contributed by atoms with Crippen molar-refractivity contribution in [1.82, 2.24) is 9.88 Å². The Morgan fingerprint density at radius 2 is 1.71 bits per heavy atom. The first-order valence-corrected chi connectivity index (χ1v) is 12.8. The van der Waals surface area contributed by atoms with Crippen LogP contribution in [0.4, 0.5) is 9.52 Å². The van der Waals surface area contributed by atoms with Crippen LogP contribution in [0.25, 0.3) is 21.3 Å². The van der Waals surface area contributed by atoms with Gasteiger partial charge in [-0.2, -0.15) is 0 Å². The fourth-order valence-corrected chi connectivity index (χ4v) is 5.36. The monoisotopic (exact) mass is 489 g/mol. The van der Waals surface area contributed by atoms with E-state index in [-0.39, 0.29) is 18.1 Å². The second-order valence-corrected chi connectivity index (χ2v) is 9.68. The molecule has 180 valence electrons. The summed E-state index contributed by atoms with van der Waals surface area (Å²) in [6.07, 6.45) is 1.09. The first-order valence-electron chi connectivity index (χ1n) is 12.0. The minimum absolute atomic E-state index is 0.0288. The zero-order valence-corrected chi connectivity index (χ0v) is 20.3. The van der Waals surface area contributed by atoms with Crippen LogP contribution in [0.5, 0.6) is 0 Å². The third-order valence-corrected chi connectivity index (χ3v) is 7.31. The number of thiazole rings is 1. The summed E-state index contributed by atoms with van der Waals surface area (Å²) in [7, 11) is 0. The molecule has 4 aromatic rings. The molecule has 0 unspecified atom stereocenters. The standard InChI is InChI=1S/C28H28FN3O2S/c29-24-8-4-9-25-27(24)30-28(35-25)32(15-5-14-31-16-18-34-19-17-31)26(33)20-21-10-12-23(13-11-21)22-6-2-1-3-7-22/h1-4,6-13H,5,14-20H2. The van der Waals surface area contributed by atoms with Gasteiger partial charge in [-0.3, -0.25) is 14.6 Å². The number of morpholine rings is 1. The number of rotatable bonds is 8. The van der Waals surface area contributed by atoms with Crippen LogP contribution in [0.3, 0.4) is 0 Å². The Morgan fingerprint density at radius 3 is 2.46 bits per heavy atom. The number of para-hydroxylation sites is 1. The molecule has 5 nitrogen and oxygen atoms in total. The summed E-state index contributed by atoms with van der Waals surface area (Å²) in [5.41, 5.74) is 3.53. The molecule has 0 saturated carbocycles. The molecule has 0 spiro atoms. The smallest absolute Gasteiger partial charge is 0.233 e. The summed E-state index contributed by atoms with van der Waals surface area (Å²) in [4.78, 5) is 22.1. The lowest BCUT2D eigenvalue weighted by molar-refractivity contribution is -0.118. The number of anilines is 1. The van der Waals surface area contributed by atoms with E-state index in [1.165, 1.54) is 17.4 Å². The number of carbonyl (C=O) groups excluding carboxylic acids is 1. The lowest BCUT2D eigenvalue weighted by Crippen LogP contribution is -2.39. The maximum Gasteiger partial charge on any atom is 0.233 e. The van der Waals surface area contributed by atoms with Crippen molar-refractivity contribution in [1.29, 1.82) is 0 Å². The Kier molecular flexibility index (Phi) is 7.47. The van der Waals surface area contributed by atoms with Crippen molar-refractivity contribution in [2.45, 2.75) is 12.8 Å². The Labute approximate surface area is 208 Å². The maximum atomic E-state index is 14.3. The third kappa shape index (κ3) is 5.75. The van der Waals surface area contributed by atoms with E-state index in [0.717, 1.165) is 60.7 Å². The van der Waals surface area contributed by atoms with Crippen LogP contribution in [-0.2, 0) is 16.0 Å². The molecule has 0 radical (unpaired) electrons. The molecule has 35 heavy (non-hydrogen) atoms. The fourth-order valence-electron chi connectivity index (χ4n) is 4.34. The van der Waals surface area contributed by atoms with Crippen molar-refractivity contribution < 1.29 is 13.9 Å². The third-order valence-electron chi connectivity index (χ3n) is 6.27. The molecule has 1 saturated heterocycles. The van der Waals surface area contributed by atoms with E-state index in [9.17, 15) is 9.18 Å². The predicted molar refractivity (Wildman–Crippen MR) is 139 cm³/mol. The second-order valence-electron chi connectivity index (χ2n) is 8.68. The van der Waals surface area contributed by atoms with Crippen molar-refractivity contribution in [3.8, 4) is 11.1 Å². The zero-order valence-electron chi connectivity index (χ0n) is 19.5. The average Bonchev–Trinajstić information content (AvgIpc) is 3.33. The van der Waals surface area contributed by atoms with E-state index in [1.807, 2.05) is 48.5 Å². The summed E-state index contributed by atoms with van der Waals surface area (Å²) in [6.45, 7) is 4.75. The van der Waals surface area contributed by atoms with Crippen LogP contribution in [0.15, 0.2) is 72.8 Å². The second kappa shape index (κ2) is 11.1. The molecular weight excluding hydrogens is 461 g/mol. The van der Waals surface area contributed by atoms with Crippen LogP contribution in [0.2, 0.25) is 0 Å². The Bertz CT molecular complexity index is 1270. The van der Waals surface area contributed by atoms with Crippen LogP contribution in [0.1, 0.15) is 12.0 Å². The van der Waals surface area contributed by atoms with E-state index in [4.69, 9.17) is 4.74 Å². The first-order chi connectivity index (χ1) is 17.2. The topological polar surface area (TPSA) is 45.7 Å². The van der Waals surface area contributed by atoms with Gasteiger partial charge in [-0.05, 0) is 35.2 Å². The highest BCUT2D eigenvalue weighted by Crippen LogP contribution is 2.31. The lowest BCUT2D eigenvalue weighted by atomic mass is 10.0. The molecule has 1 amide bonds. The number of carbonyl (C=O) groups is 1. The summed E-state index contributed by atoms with van der Waals surface area (Å²) >= 11 is 1.36. The van der Waals surface area contributed by atoms with Gasteiger partial charge in [0.1, 0.15) is 11.3 Å². The maximum absolute atomic E-state index is 14.3. The van der Waals surface area contributed by atoms with E-state index in [2.05, 4.69) is 22.0 Å². The Balaban J connectivity index is 1.32. The van der Waals surface area contributed by atoms with Gasteiger partial charge in [0.05, 0.1) is 24.3 Å². The lowest BCUT2D eigenvalue weighted by Gasteiger charge is -2.27. The van der Waals surface area contributed by atoms with Gasteiger partial charge in [0.15, 0.2) is 5.13 Å². The summed E-state index contributed by atoms with van der Waals surface area (Å²) in [5.74, 6) is -0.388. The SMILES string of the molecule is O=C(Cc1ccc(-c2ccccc2)cc1)N(CCCN1CCOCC1)c1nc2c(F)cccc2s1. The van der Waals surface area contributed by atoms with E-state index in [0.29, 0.717) is 17.2 Å². The van der Waals surface area contributed by atoms with Crippen LogP contribution >= 0.6 is 11.3 Å². The van der Waals surface area contributed by atoms with Gasteiger partial charge in [-0.1, -0.05) is 72.0 Å². The number of amides is 1. The first kappa shape index (κ1) is 23.6. The van der Waals surface area contributed by atoms with Crippen LogP contribution < -0.4 is 4.90 Å². The number of hydrogen-bond donors (Lipinski definition) is 0. The molecule has 2 heterocycles. The van der Waals surface area contributed by atoms with Crippen molar-refractivity contribution in [2.75, 3.05) is 44.3 Å². The molecule has 7 heteroatoms. The normalized spacial score (nSPS) is 14.3.